The number of rotatable bonds is 7. The van der Waals surface area contributed by atoms with E-state index in [1.165, 1.54) is 70.6 Å². The van der Waals surface area contributed by atoms with E-state index in [9.17, 15) is 0 Å². The van der Waals surface area contributed by atoms with Crippen LogP contribution in [0.2, 0.25) is 0 Å². The topological polar surface area (TPSA) is 0 Å². The SMILES string of the molecule is BrCCBr.C.C1=CC2C=CC(CCC3C=CC4C=CC=CC43)C2C=C1.C1=CC2CCC(CCC3CCC4C=CC=CC43)C2C=C1.C1=CC2CCCC2C=C1.[CH3-].[CH3-].[Cl][Zr+2][Cl]. The fourth-order valence-corrected chi connectivity index (χ4v) is 11.4. The van der Waals surface area contributed by atoms with Crippen LogP contribution in [-0.2, 0) is 20.8 Å². The quantitative estimate of drug-likeness (QED) is 0.135. The average Bonchev–Trinajstić information content (AvgIpc) is 4.11. The van der Waals surface area contributed by atoms with Crippen molar-refractivity contribution < 1.29 is 20.8 Å². The van der Waals surface area contributed by atoms with E-state index >= 15 is 0 Å². The first kappa shape index (κ1) is 52.6. The summed E-state index contributed by atoms with van der Waals surface area (Å²) in [4.78, 5) is 0. The fourth-order valence-electron chi connectivity index (χ4n) is 11.4. The predicted molar refractivity (Wildman–Crippen MR) is 268 cm³/mol. The van der Waals surface area contributed by atoms with Gasteiger partial charge >= 0.3 is 37.9 Å². The van der Waals surface area contributed by atoms with E-state index in [-0.39, 0.29) is 22.3 Å². The Morgan fingerprint density at radius 3 is 1.12 bits per heavy atom. The van der Waals surface area contributed by atoms with Gasteiger partial charge in [0.1, 0.15) is 0 Å². The first-order valence-corrected chi connectivity index (χ1v) is 30.4. The van der Waals surface area contributed by atoms with E-state index in [0.717, 1.165) is 81.7 Å². The summed E-state index contributed by atoms with van der Waals surface area (Å²) in [6, 6.07) is 0. The Kier molecular flexibility index (Phi) is 25.8. The Hall–Kier alpha value is -0.697. The molecule has 10 aliphatic rings. The zero-order valence-corrected chi connectivity index (χ0v) is 42.3. The third-order valence-electron chi connectivity index (χ3n) is 14.3. The van der Waals surface area contributed by atoms with Gasteiger partial charge in [-0.05, 0) is 135 Å². The summed E-state index contributed by atoms with van der Waals surface area (Å²) in [6.07, 6.45) is 71.7. The van der Waals surface area contributed by atoms with Crippen molar-refractivity contribution in [3.8, 4) is 0 Å². The monoisotopic (exact) mass is 1040 g/mol. The molecule has 0 aromatic rings. The van der Waals surface area contributed by atoms with Crippen LogP contribution in [0.15, 0.2) is 146 Å². The molecule has 0 aromatic heterocycles. The molecule has 0 spiro atoms. The minimum absolute atomic E-state index is 0. The molecule has 322 valence electrons. The van der Waals surface area contributed by atoms with Crippen LogP contribution in [0, 0.1) is 97.7 Å². The molecule has 0 aliphatic heterocycles. The molecule has 10 rings (SSSR count). The van der Waals surface area contributed by atoms with Gasteiger partial charge in [0.15, 0.2) is 0 Å². The molecule has 3 saturated carbocycles. The Morgan fingerprint density at radius 1 is 0.390 bits per heavy atom. The second kappa shape index (κ2) is 28.9. The maximum atomic E-state index is 4.93. The van der Waals surface area contributed by atoms with Crippen molar-refractivity contribution in [3.63, 3.8) is 0 Å². The van der Waals surface area contributed by atoms with Crippen molar-refractivity contribution in [2.45, 2.75) is 78.1 Å². The molecule has 0 nitrogen and oxygen atoms in total. The zero-order valence-electron chi connectivity index (χ0n) is 35.1. The summed E-state index contributed by atoms with van der Waals surface area (Å²) in [7, 11) is 9.87. The molecule has 5 heteroatoms. The Bertz CT molecular complexity index is 1460. The normalized spacial score (nSPS) is 36.5. The van der Waals surface area contributed by atoms with E-state index in [1.807, 2.05) is 0 Å². The van der Waals surface area contributed by atoms with E-state index in [1.54, 1.807) is 0 Å². The van der Waals surface area contributed by atoms with Gasteiger partial charge in [-0.15, -0.1) is 0 Å². The number of hydrogen-bond donors (Lipinski definition) is 0. The van der Waals surface area contributed by atoms with Gasteiger partial charge in [-0.3, -0.25) is 0 Å². The second-order valence-electron chi connectivity index (χ2n) is 17.3. The fraction of sp³-hybridized carbons (Fsp3) is 0.519. The molecular formula is C54H74Br2Cl2Zr. The number of alkyl halides is 2. The van der Waals surface area contributed by atoms with Gasteiger partial charge in [0.05, 0.1) is 0 Å². The molecule has 59 heavy (non-hydrogen) atoms. The minimum atomic E-state index is -0.826. The molecule has 14 atom stereocenters. The molecule has 14 unspecified atom stereocenters. The molecule has 10 aliphatic carbocycles. The van der Waals surface area contributed by atoms with Gasteiger partial charge in [0, 0.05) is 22.5 Å². The van der Waals surface area contributed by atoms with Crippen LogP contribution in [0.25, 0.3) is 0 Å². The number of allylic oxidation sites excluding steroid dienone is 24. The van der Waals surface area contributed by atoms with E-state index in [0.29, 0.717) is 11.8 Å². The molecule has 0 bridgehead atoms. The van der Waals surface area contributed by atoms with E-state index < -0.39 is 20.8 Å². The van der Waals surface area contributed by atoms with Gasteiger partial charge in [-0.1, -0.05) is 192 Å². The number of halogens is 4. The van der Waals surface area contributed by atoms with Gasteiger partial charge in [0.25, 0.3) is 0 Å². The summed E-state index contributed by atoms with van der Waals surface area (Å²) in [5, 5.41) is 2.10. The van der Waals surface area contributed by atoms with Crippen molar-refractivity contribution in [3.05, 3.63) is 161 Å². The first-order valence-electron chi connectivity index (χ1n) is 21.8. The Balaban J connectivity index is 0.000000224. The van der Waals surface area contributed by atoms with Gasteiger partial charge in [-0.2, -0.15) is 0 Å². The summed E-state index contributed by atoms with van der Waals surface area (Å²) >= 11 is 5.58. The Labute approximate surface area is 398 Å². The van der Waals surface area contributed by atoms with Crippen molar-refractivity contribution in [1.29, 1.82) is 0 Å². The van der Waals surface area contributed by atoms with Crippen LogP contribution >= 0.6 is 48.9 Å². The Morgan fingerprint density at radius 2 is 0.729 bits per heavy atom. The van der Waals surface area contributed by atoms with Crippen LogP contribution in [0.1, 0.15) is 78.1 Å². The molecular weight excluding hydrogens is 971 g/mol. The van der Waals surface area contributed by atoms with E-state index in [4.69, 9.17) is 17.0 Å². The number of hydrogen-bond acceptors (Lipinski definition) is 0. The van der Waals surface area contributed by atoms with Crippen LogP contribution in [-0.4, -0.2) is 10.7 Å². The predicted octanol–water partition coefficient (Wildman–Crippen LogP) is 17.4. The molecule has 0 radical (unpaired) electrons. The van der Waals surface area contributed by atoms with Gasteiger partial charge in [-0.25, -0.2) is 0 Å². The van der Waals surface area contributed by atoms with Gasteiger partial charge in [0.2, 0.25) is 0 Å². The summed E-state index contributed by atoms with van der Waals surface area (Å²) in [5.41, 5.74) is 0. The molecule has 3 fully saturated rings. The third-order valence-corrected chi connectivity index (χ3v) is 16.1. The van der Waals surface area contributed by atoms with E-state index in [2.05, 4.69) is 178 Å². The second-order valence-corrected chi connectivity index (χ2v) is 22.6. The molecule has 0 amide bonds. The van der Waals surface area contributed by atoms with Crippen molar-refractivity contribution >= 4 is 48.9 Å². The first-order chi connectivity index (χ1) is 27.6. The van der Waals surface area contributed by atoms with Crippen molar-refractivity contribution in [2.24, 2.45) is 82.9 Å². The standard InChI is InChI=1S/C20H26.C20H22.C9H12.C2H4Br2.CH4.2CH3.2ClH.Zr/c2*1-3-7-19-15(5-1)9-11-17(19)13-14-18-12-10-16-6-2-4-8-20(16)18;1-2-5-9-7-3-6-8(9)4-1;3-1-2-4;;;;;;/h1-8,15-20H,9-14H2;1-12,15-20H,13-14H2;1-2,4-5,8-9H,3,6-7H2;1-2H2;1H4;2*1H3;2*1H;/q;;;;;2*-1;;;+4/p-2. The molecule has 0 saturated heterocycles. The third kappa shape index (κ3) is 15.2. The number of fused-ring (bicyclic) bond motifs is 5. The van der Waals surface area contributed by atoms with Crippen LogP contribution in [0.5, 0.6) is 0 Å². The zero-order chi connectivity index (χ0) is 39.0. The van der Waals surface area contributed by atoms with Crippen molar-refractivity contribution in [1.82, 2.24) is 0 Å². The van der Waals surface area contributed by atoms with Crippen LogP contribution in [0.4, 0.5) is 0 Å². The molecule has 0 heterocycles. The van der Waals surface area contributed by atoms with Crippen molar-refractivity contribution in [2.75, 3.05) is 10.7 Å². The van der Waals surface area contributed by atoms with Crippen LogP contribution in [0.3, 0.4) is 0 Å². The van der Waals surface area contributed by atoms with Gasteiger partial charge < -0.3 is 14.9 Å². The summed E-state index contributed by atoms with van der Waals surface area (Å²) in [5.74, 6) is 11.4. The molecule has 0 N–H and O–H groups in total. The molecule has 0 aromatic carbocycles. The van der Waals surface area contributed by atoms with Crippen LogP contribution < -0.4 is 0 Å². The summed E-state index contributed by atoms with van der Waals surface area (Å²) < 4.78 is 0. The summed E-state index contributed by atoms with van der Waals surface area (Å²) in [6.45, 7) is 0. The average molecular weight is 1050 g/mol. The maximum absolute atomic E-state index is 4.93.